The molecule has 0 bridgehead atoms. The van der Waals surface area contributed by atoms with E-state index in [4.69, 9.17) is 0 Å². The Hall–Kier alpha value is -0.0800. The van der Waals surface area contributed by atoms with Crippen LogP contribution in [-0.4, -0.2) is 24.7 Å². The number of piperazine rings is 1. The first-order valence-corrected chi connectivity index (χ1v) is 5.24. The van der Waals surface area contributed by atoms with Gasteiger partial charge >= 0.3 is 0 Å². The Morgan fingerprint density at radius 3 is 2.25 bits per heavy atom. The van der Waals surface area contributed by atoms with Gasteiger partial charge in [-0.25, -0.2) is 0 Å². The standard InChI is InChI=1S/C10H22N2/c1-4-9-7-12-10(5-2,6-3)8-11-9/h9,11-12H,4-8H2,1-3H3. The highest BCUT2D eigenvalue weighted by molar-refractivity contribution is 4.94. The van der Waals surface area contributed by atoms with Crippen LogP contribution in [0.4, 0.5) is 0 Å². The highest BCUT2D eigenvalue weighted by atomic mass is 15.1. The summed E-state index contributed by atoms with van der Waals surface area (Å²) in [5, 5.41) is 7.27. The molecule has 1 unspecified atom stereocenters. The van der Waals surface area contributed by atoms with Gasteiger partial charge in [0.15, 0.2) is 0 Å². The molecule has 0 saturated carbocycles. The van der Waals surface area contributed by atoms with Gasteiger partial charge in [-0.1, -0.05) is 20.8 Å². The lowest BCUT2D eigenvalue weighted by Crippen LogP contribution is -2.62. The predicted octanol–water partition coefficient (Wildman–Crippen LogP) is 1.52. The Kier molecular flexibility index (Phi) is 3.53. The maximum Gasteiger partial charge on any atom is 0.0301 e. The lowest BCUT2D eigenvalue weighted by molar-refractivity contribution is 0.217. The molecule has 0 aromatic carbocycles. The van der Waals surface area contributed by atoms with E-state index in [-0.39, 0.29) is 0 Å². The van der Waals surface area contributed by atoms with E-state index in [0.717, 1.165) is 13.1 Å². The SMILES string of the molecule is CCC1CNC(CC)(CC)CN1. The molecule has 12 heavy (non-hydrogen) atoms. The van der Waals surface area contributed by atoms with Crippen molar-refractivity contribution in [1.82, 2.24) is 10.6 Å². The molecule has 1 saturated heterocycles. The first kappa shape index (κ1) is 10.0. The summed E-state index contributed by atoms with van der Waals surface area (Å²) < 4.78 is 0. The van der Waals surface area contributed by atoms with Gasteiger partial charge in [-0.05, 0) is 19.3 Å². The second kappa shape index (κ2) is 4.24. The lowest BCUT2D eigenvalue weighted by Gasteiger charge is -2.41. The highest BCUT2D eigenvalue weighted by Crippen LogP contribution is 2.17. The van der Waals surface area contributed by atoms with Gasteiger partial charge in [-0.2, -0.15) is 0 Å². The molecular weight excluding hydrogens is 148 g/mol. The minimum atomic E-state index is 0.381. The predicted molar refractivity (Wildman–Crippen MR) is 53.4 cm³/mol. The van der Waals surface area contributed by atoms with Gasteiger partial charge in [0, 0.05) is 24.7 Å². The molecule has 2 heteroatoms. The molecular formula is C10H22N2. The van der Waals surface area contributed by atoms with E-state index in [1.54, 1.807) is 0 Å². The molecule has 0 aliphatic carbocycles. The molecule has 0 aromatic heterocycles. The smallest absolute Gasteiger partial charge is 0.0301 e. The van der Waals surface area contributed by atoms with Crippen LogP contribution in [0.25, 0.3) is 0 Å². The van der Waals surface area contributed by atoms with Crippen LogP contribution in [0.3, 0.4) is 0 Å². The van der Waals surface area contributed by atoms with Crippen LogP contribution >= 0.6 is 0 Å². The summed E-state index contributed by atoms with van der Waals surface area (Å²) in [4.78, 5) is 0. The zero-order valence-electron chi connectivity index (χ0n) is 8.61. The molecule has 1 aliphatic rings. The van der Waals surface area contributed by atoms with Crippen molar-refractivity contribution in [1.29, 1.82) is 0 Å². The number of hydrogen-bond acceptors (Lipinski definition) is 2. The van der Waals surface area contributed by atoms with Crippen LogP contribution < -0.4 is 10.6 Å². The third kappa shape index (κ3) is 1.99. The lowest BCUT2D eigenvalue weighted by atomic mass is 9.89. The third-order valence-corrected chi connectivity index (χ3v) is 3.30. The normalized spacial score (nSPS) is 28.8. The summed E-state index contributed by atoms with van der Waals surface area (Å²) in [5.41, 5.74) is 0.381. The van der Waals surface area contributed by atoms with E-state index >= 15 is 0 Å². The number of hydrogen-bond donors (Lipinski definition) is 2. The monoisotopic (exact) mass is 170 g/mol. The minimum Gasteiger partial charge on any atom is -0.311 e. The summed E-state index contributed by atoms with van der Waals surface area (Å²) >= 11 is 0. The van der Waals surface area contributed by atoms with Crippen molar-refractivity contribution in [2.45, 2.75) is 51.6 Å². The zero-order valence-corrected chi connectivity index (χ0v) is 8.61. The van der Waals surface area contributed by atoms with Crippen LogP contribution in [-0.2, 0) is 0 Å². The van der Waals surface area contributed by atoms with Gasteiger partial charge in [0.1, 0.15) is 0 Å². The second-order valence-electron chi connectivity index (χ2n) is 3.85. The Bertz CT molecular complexity index is 120. The van der Waals surface area contributed by atoms with Crippen molar-refractivity contribution in [3.05, 3.63) is 0 Å². The molecule has 2 N–H and O–H groups in total. The molecule has 0 spiro atoms. The Morgan fingerprint density at radius 1 is 1.25 bits per heavy atom. The average molecular weight is 170 g/mol. The minimum absolute atomic E-state index is 0.381. The van der Waals surface area contributed by atoms with Gasteiger partial charge in [0.2, 0.25) is 0 Å². The average Bonchev–Trinajstić information content (AvgIpc) is 2.18. The number of rotatable bonds is 3. The summed E-state index contributed by atoms with van der Waals surface area (Å²) in [7, 11) is 0. The molecule has 1 atom stereocenters. The molecule has 0 amide bonds. The first-order valence-electron chi connectivity index (χ1n) is 5.24. The van der Waals surface area contributed by atoms with Crippen molar-refractivity contribution in [3.63, 3.8) is 0 Å². The van der Waals surface area contributed by atoms with Gasteiger partial charge in [-0.3, -0.25) is 0 Å². The maximum atomic E-state index is 3.67. The summed E-state index contributed by atoms with van der Waals surface area (Å²) in [6.45, 7) is 9.05. The second-order valence-corrected chi connectivity index (χ2v) is 3.85. The third-order valence-electron chi connectivity index (χ3n) is 3.30. The summed E-state index contributed by atoms with van der Waals surface area (Å²) in [6.07, 6.45) is 3.69. The van der Waals surface area contributed by atoms with E-state index in [9.17, 15) is 0 Å². The van der Waals surface area contributed by atoms with Crippen LogP contribution in [0.1, 0.15) is 40.0 Å². The van der Waals surface area contributed by atoms with Gasteiger partial charge in [0.25, 0.3) is 0 Å². The van der Waals surface area contributed by atoms with E-state index in [2.05, 4.69) is 31.4 Å². The molecule has 0 radical (unpaired) electrons. The maximum absolute atomic E-state index is 3.67. The van der Waals surface area contributed by atoms with E-state index in [1.165, 1.54) is 19.3 Å². The summed E-state index contributed by atoms with van der Waals surface area (Å²) in [5.74, 6) is 0. The molecule has 1 aliphatic heterocycles. The first-order chi connectivity index (χ1) is 5.76. The Morgan fingerprint density at radius 2 is 1.92 bits per heavy atom. The van der Waals surface area contributed by atoms with Crippen molar-refractivity contribution in [2.24, 2.45) is 0 Å². The van der Waals surface area contributed by atoms with Gasteiger partial charge in [-0.15, -0.1) is 0 Å². The molecule has 2 nitrogen and oxygen atoms in total. The van der Waals surface area contributed by atoms with Gasteiger partial charge in [0.05, 0.1) is 0 Å². The van der Waals surface area contributed by atoms with Crippen molar-refractivity contribution < 1.29 is 0 Å². The quantitative estimate of drug-likeness (QED) is 0.671. The van der Waals surface area contributed by atoms with E-state index < -0.39 is 0 Å². The van der Waals surface area contributed by atoms with Gasteiger partial charge < -0.3 is 10.6 Å². The fourth-order valence-electron chi connectivity index (χ4n) is 1.85. The molecule has 1 rings (SSSR count). The van der Waals surface area contributed by atoms with Crippen molar-refractivity contribution >= 4 is 0 Å². The van der Waals surface area contributed by atoms with Crippen LogP contribution in [0.15, 0.2) is 0 Å². The topological polar surface area (TPSA) is 24.1 Å². The summed E-state index contributed by atoms with van der Waals surface area (Å²) in [6, 6.07) is 0.691. The van der Waals surface area contributed by atoms with Crippen molar-refractivity contribution in [2.75, 3.05) is 13.1 Å². The van der Waals surface area contributed by atoms with Crippen LogP contribution in [0, 0.1) is 0 Å². The van der Waals surface area contributed by atoms with Crippen LogP contribution in [0.5, 0.6) is 0 Å². The highest BCUT2D eigenvalue weighted by Gasteiger charge is 2.30. The van der Waals surface area contributed by atoms with Crippen molar-refractivity contribution in [3.8, 4) is 0 Å². The van der Waals surface area contributed by atoms with E-state index in [0.29, 0.717) is 11.6 Å². The Balaban J connectivity index is 2.42. The molecule has 1 fully saturated rings. The molecule has 1 heterocycles. The fraction of sp³-hybridized carbons (Fsp3) is 1.00. The van der Waals surface area contributed by atoms with E-state index in [1.807, 2.05) is 0 Å². The fourth-order valence-corrected chi connectivity index (χ4v) is 1.85. The molecule has 0 aromatic rings. The van der Waals surface area contributed by atoms with Crippen LogP contribution in [0.2, 0.25) is 0 Å². The molecule has 72 valence electrons. The Labute approximate surface area is 76.1 Å². The number of nitrogens with one attached hydrogen (secondary N) is 2. The largest absolute Gasteiger partial charge is 0.311 e. The zero-order chi connectivity index (χ0) is 9.03.